The lowest BCUT2D eigenvalue weighted by Crippen LogP contribution is -2.19. The summed E-state index contributed by atoms with van der Waals surface area (Å²) in [7, 11) is 0. The maximum atomic E-state index is 4.60. The van der Waals surface area contributed by atoms with Crippen LogP contribution in [0.2, 0.25) is 0 Å². The average Bonchev–Trinajstić information content (AvgIpc) is 2.69. The molecule has 2 unspecified atom stereocenters. The molecule has 0 radical (unpaired) electrons. The highest BCUT2D eigenvalue weighted by atomic mass is 32.2. The van der Waals surface area contributed by atoms with Gasteiger partial charge in [-0.05, 0) is 37.9 Å². The molecule has 2 rings (SSSR count). The Bertz CT molecular complexity index is 438. The highest BCUT2D eigenvalue weighted by Gasteiger charge is 2.17. The highest BCUT2D eigenvalue weighted by molar-refractivity contribution is 7.98. The van der Waals surface area contributed by atoms with Gasteiger partial charge in [-0.25, -0.2) is 9.97 Å². The van der Waals surface area contributed by atoms with Gasteiger partial charge in [0.25, 0.3) is 0 Å². The Morgan fingerprint density at radius 2 is 2.00 bits per heavy atom. The first-order valence-corrected chi connectivity index (χ1v) is 9.37. The Labute approximate surface area is 132 Å². The van der Waals surface area contributed by atoms with Crippen molar-refractivity contribution in [3.63, 3.8) is 0 Å². The Kier molecular flexibility index (Phi) is 6.61. The summed E-state index contributed by atoms with van der Waals surface area (Å²) in [6.45, 7) is 5.48. The van der Waals surface area contributed by atoms with Gasteiger partial charge in [-0.2, -0.15) is 0 Å². The molecule has 1 fully saturated rings. The van der Waals surface area contributed by atoms with Crippen LogP contribution in [0.4, 0.5) is 11.6 Å². The topological polar surface area (TPSA) is 49.8 Å². The summed E-state index contributed by atoms with van der Waals surface area (Å²) in [6.07, 6.45) is 9.62. The third-order valence-electron chi connectivity index (χ3n) is 4.05. The lowest BCUT2D eigenvalue weighted by molar-refractivity contribution is 0.501. The molecule has 4 nitrogen and oxygen atoms in total. The monoisotopic (exact) mass is 308 g/mol. The molecule has 0 aliphatic heterocycles. The third kappa shape index (κ3) is 5.38. The predicted molar refractivity (Wildman–Crippen MR) is 92.3 cm³/mol. The van der Waals surface area contributed by atoms with Crippen molar-refractivity contribution in [1.29, 1.82) is 0 Å². The fourth-order valence-electron chi connectivity index (χ4n) is 2.77. The van der Waals surface area contributed by atoms with E-state index < -0.39 is 0 Å². The zero-order chi connectivity index (χ0) is 15.1. The van der Waals surface area contributed by atoms with Crippen molar-refractivity contribution >= 4 is 23.4 Å². The number of rotatable bonds is 6. The third-order valence-corrected chi connectivity index (χ3v) is 4.60. The second-order valence-electron chi connectivity index (χ2n) is 6.01. The quantitative estimate of drug-likeness (QED) is 0.463. The van der Waals surface area contributed by atoms with Gasteiger partial charge in [-0.3, -0.25) is 0 Å². The Morgan fingerprint density at radius 3 is 2.76 bits per heavy atom. The minimum Gasteiger partial charge on any atom is -0.370 e. The molecular formula is C16H28N4S. The lowest BCUT2D eigenvalue weighted by Gasteiger charge is -2.18. The van der Waals surface area contributed by atoms with Crippen LogP contribution in [0.5, 0.6) is 0 Å². The van der Waals surface area contributed by atoms with Crippen molar-refractivity contribution < 1.29 is 0 Å². The number of hydrogen-bond acceptors (Lipinski definition) is 5. The predicted octanol–water partition coefficient (Wildman–Crippen LogP) is 4.40. The van der Waals surface area contributed by atoms with Crippen molar-refractivity contribution in [2.45, 2.75) is 63.6 Å². The maximum absolute atomic E-state index is 4.60. The van der Waals surface area contributed by atoms with Crippen LogP contribution in [0, 0.1) is 5.92 Å². The first kappa shape index (κ1) is 16.4. The van der Waals surface area contributed by atoms with E-state index in [0.29, 0.717) is 6.04 Å². The number of nitrogens with one attached hydrogen (secondary N) is 2. The molecule has 2 N–H and O–H groups in total. The van der Waals surface area contributed by atoms with Crippen molar-refractivity contribution in [3.8, 4) is 0 Å². The Balaban J connectivity index is 2.03. The number of thioether (sulfide) groups is 1. The van der Waals surface area contributed by atoms with Crippen molar-refractivity contribution in [2.75, 3.05) is 23.4 Å². The van der Waals surface area contributed by atoms with E-state index in [0.717, 1.165) is 35.7 Å². The second-order valence-corrected chi connectivity index (χ2v) is 6.78. The molecule has 0 aromatic carbocycles. The first-order valence-electron chi connectivity index (χ1n) is 8.14. The molecular weight excluding hydrogens is 280 g/mol. The van der Waals surface area contributed by atoms with E-state index in [1.54, 1.807) is 11.8 Å². The van der Waals surface area contributed by atoms with Crippen molar-refractivity contribution in [2.24, 2.45) is 5.92 Å². The molecule has 1 heterocycles. The van der Waals surface area contributed by atoms with E-state index in [2.05, 4.69) is 34.4 Å². The molecule has 2 atom stereocenters. The lowest BCUT2D eigenvalue weighted by atomic mass is 10.0. The normalized spacial score (nSPS) is 22.6. The average molecular weight is 308 g/mol. The molecule has 1 aliphatic carbocycles. The summed E-state index contributed by atoms with van der Waals surface area (Å²) >= 11 is 1.59. The number of aromatic nitrogens is 2. The van der Waals surface area contributed by atoms with Gasteiger partial charge in [0, 0.05) is 18.7 Å². The Hall–Kier alpha value is -0.970. The Morgan fingerprint density at radius 1 is 1.19 bits per heavy atom. The van der Waals surface area contributed by atoms with E-state index in [-0.39, 0.29) is 0 Å². The smallest absolute Gasteiger partial charge is 0.191 e. The molecule has 118 valence electrons. The number of hydrogen-bond donors (Lipinski definition) is 2. The molecule has 0 saturated heterocycles. The summed E-state index contributed by atoms with van der Waals surface area (Å²) in [6, 6.07) is 2.60. The van der Waals surface area contributed by atoms with Crippen LogP contribution < -0.4 is 10.6 Å². The number of anilines is 2. The first-order chi connectivity index (χ1) is 10.2. The molecule has 1 aromatic heterocycles. The van der Waals surface area contributed by atoms with Gasteiger partial charge in [0.1, 0.15) is 11.6 Å². The van der Waals surface area contributed by atoms with E-state index in [4.69, 9.17) is 0 Å². The van der Waals surface area contributed by atoms with Gasteiger partial charge in [0.05, 0.1) is 0 Å². The van der Waals surface area contributed by atoms with Crippen molar-refractivity contribution in [3.05, 3.63) is 6.07 Å². The summed E-state index contributed by atoms with van der Waals surface area (Å²) in [5.41, 5.74) is 0. The molecule has 0 bridgehead atoms. The molecule has 0 amide bonds. The van der Waals surface area contributed by atoms with E-state index in [1.165, 1.54) is 32.1 Å². The van der Waals surface area contributed by atoms with Gasteiger partial charge in [0.15, 0.2) is 5.16 Å². The van der Waals surface area contributed by atoms with Crippen LogP contribution in [0.3, 0.4) is 0 Å². The molecule has 5 heteroatoms. The van der Waals surface area contributed by atoms with Crippen LogP contribution in [0.15, 0.2) is 11.2 Å². The largest absolute Gasteiger partial charge is 0.370 e. The zero-order valence-electron chi connectivity index (χ0n) is 13.5. The zero-order valence-corrected chi connectivity index (χ0v) is 14.3. The summed E-state index contributed by atoms with van der Waals surface area (Å²) in [5.74, 6) is 2.76. The summed E-state index contributed by atoms with van der Waals surface area (Å²) < 4.78 is 0. The molecule has 1 saturated carbocycles. The summed E-state index contributed by atoms with van der Waals surface area (Å²) in [4.78, 5) is 9.12. The molecule has 0 spiro atoms. The minimum absolute atomic E-state index is 0.554. The van der Waals surface area contributed by atoms with Crippen LogP contribution in [-0.4, -0.2) is 28.8 Å². The molecule has 21 heavy (non-hydrogen) atoms. The van der Waals surface area contributed by atoms with E-state index in [9.17, 15) is 0 Å². The van der Waals surface area contributed by atoms with E-state index >= 15 is 0 Å². The SMILES string of the molecule is CCCNc1cc(NC2CCCC(C)CC2)nc(SC)n1. The molecule has 1 aliphatic rings. The van der Waals surface area contributed by atoms with Crippen LogP contribution in [0.25, 0.3) is 0 Å². The van der Waals surface area contributed by atoms with Crippen LogP contribution in [0.1, 0.15) is 52.4 Å². The fourth-order valence-corrected chi connectivity index (χ4v) is 3.15. The van der Waals surface area contributed by atoms with Gasteiger partial charge < -0.3 is 10.6 Å². The van der Waals surface area contributed by atoms with Crippen molar-refractivity contribution in [1.82, 2.24) is 9.97 Å². The highest BCUT2D eigenvalue weighted by Crippen LogP contribution is 2.25. The number of nitrogens with zero attached hydrogens (tertiary/aromatic N) is 2. The van der Waals surface area contributed by atoms with Crippen LogP contribution in [-0.2, 0) is 0 Å². The molecule has 1 aromatic rings. The standard InChI is InChI=1S/C16H28N4S/c1-4-10-17-14-11-15(20-16(19-14)21-3)18-13-7-5-6-12(2)8-9-13/h11-13H,4-10H2,1-3H3,(H2,17,18,19,20). The summed E-state index contributed by atoms with van der Waals surface area (Å²) in [5, 5.41) is 7.82. The van der Waals surface area contributed by atoms with E-state index in [1.807, 2.05) is 12.3 Å². The van der Waals surface area contributed by atoms with Gasteiger partial charge in [-0.15, -0.1) is 0 Å². The van der Waals surface area contributed by atoms with Gasteiger partial charge in [0.2, 0.25) is 0 Å². The minimum atomic E-state index is 0.554. The maximum Gasteiger partial charge on any atom is 0.191 e. The van der Waals surface area contributed by atoms with Gasteiger partial charge in [-0.1, -0.05) is 38.5 Å². The van der Waals surface area contributed by atoms with Gasteiger partial charge >= 0.3 is 0 Å². The fraction of sp³-hybridized carbons (Fsp3) is 0.750. The van der Waals surface area contributed by atoms with Crippen LogP contribution >= 0.6 is 11.8 Å². The second kappa shape index (κ2) is 8.47.